The fraction of sp³-hybridized carbons (Fsp3) is 0.917. The maximum Gasteiger partial charge on any atom is 0.0541 e. The Bertz CT molecular complexity index is 523. The van der Waals surface area contributed by atoms with Crippen LogP contribution < -0.4 is 0 Å². The molecule has 28 heavy (non-hydrogen) atoms. The monoisotopic (exact) mass is 394 g/mol. The summed E-state index contributed by atoms with van der Waals surface area (Å²) >= 11 is 0. The van der Waals surface area contributed by atoms with E-state index >= 15 is 0 Å². The first-order valence-corrected chi connectivity index (χ1v) is 11.5. The first-order chi connectivity index (χ1) is 13.1. The van der Waals surface area contributed by atoms with Crippen molar-refractivity contribution in [3.05, 3.63) is 13.3 Å². The molecule has 4 heteroatoms. The Kier molecular flexibility index (Phi) is 6.86. The van der Waals surface area contributed by atoms with Gasteiger partial charge in [-0.3, -0.25) is 0 Å². The van der Waals surface area contributed by atoms with Crippen LogP contribution in [0, 0.1) is 53.8 Å². The van der Waals surface area contributed by atoms with Gasteiger partial charge in [-0.15, -0.1) is 5.92 Å². The third-order valence-electron chi connectivity index (χ3n) is 9.12. The van der Waals surface area contributed by atoms with E-state index in [1.165, 1.54) is 0 Å². The van der Waals surface area contributed by atoms with Gasteiger partial charge in [0.05, 0.1) is 6.10 Å². The van der Waals surface area contributed by atoms with Gasteiger partial charge >= 0.3 is 0 Å². The minimum absolute atomic E-state index is 0.0662. The van der Waals surface area contributed by atoms with Crippen LogP contribution in [0.15, 0.2) is 0 Å². The highest BCUT2D eigenvalue weighted by Gasteiger charge is 2.52. The Labute approximate surface area is 171 Å². The Hall–Kier alpha value is -0.160. The predicted octanol–water partition coefficient (Wildman–Crippen LogP) is 3.37. The Morgan fingerprint density at radius 1 is 1.14 bits per heavy atom. The summed E-state index contributed by atoms with van der Waals surface area (Å²) < 4.78 is 0. The van der Waals surface area contributed by atoms with Crippen molar-refractivity contribution in [3.63, 3.8) is 0 Å². The highest BCUT2D eigenvalue weighted by atomic mass is 16.3. The highest BCUT2D eigenvalue weighted by molar-refractivity contribution is 5.13. The fourth-order valence-corrected chi connectivity index (χ4v) is 7.24. The second kappa shape index (κ2) is 8.53. The van der Waals surface area contributed by atoms with Crippen LogP contribution >= 0.6 is 0 Å². The van der Waals surface area contributed by atoms with E-state index in [1.54, 1.807) is 0 Å². The van der Waals surface area contributed by atoms with Crippen LogP contribution in [0.2, 0.25) is 0 Å². The van der Waals surface area contributed by atoms with Crippen LogP contribution in [-0.2, 0) is 0 Å². The predicted molar refractivity (Wildman–Crippen MR) is 111 cm³/mol. The highest BCUT2D eigenvalue weighted by Crippen LogP contribution is 2.61. The second-order valence-corrected chi connectivity index (χ2v) is 10.7. The summed E-state index contributed by atoms with van der Waals surface area (Å²) in [5.74, 6) is 1.43. The van der Waals surface area contributed by atoms with Crippen molar-refractivity contribution >= 4 is 0 Å². The van der Waals surface area contributed by atoms with Crippen LogP contribution in [-0.4, -0.2) is 45.3 Å². The van der Waals surface area contributed by atoms with Gasteiger partial charge in [0.25, 0.3) is 0 Å². The minimum Gasteiger partial charge on any atom is -0.425 e. The standard InChI is InChI=1S/C24H42O4/c1-15(6-5-11-25)20-7-8-21(24(20,4)16(2)26)19-14-23(3)10-9-18(27)12-17(23)13-22(19)28/h14-22,25-28H,2,5-13H2,1,3-4H3/q-2/t15-,16+,17+,18-,19-,20-,21+,22-,23-,24-/m1/s1. The van der Waals surface area contributed by atoms with E-state index in [2.05, 4.69) is 34.1 Å². The van der Waals surface area contributed by atoms with Crippen molar-refractivity contribution in [3.8, 4) is 0 Å². The first kappa shape index (κ1) is 22.5. The molecule has 0 aromatic rings. The molecule has 3 rings (SSSR count). The molecular weight excluding hydrogens is 352 g/mol. The van der Waals surface area contributed by atoms with Crippen LogP contribution in [0.1, 0.15) is 72.1 Å². The summed E-state index contributed by atoms with van der Waals surface area (Å²) in [5.41, 5.74) is -0.259. The van der Waals surface area contributed by atoms with Gasteiger partial charge in [0.1, 0.15) is 0 Å². The first-order valence-electron chi connectivity index (χ1n) is 11.5. The molecule has 3 fully saturated rings. The SMILES string of the molecule is [CH2-][C@H](O)[C@]1(C)[C@@H]([C@H](C)CCCO)CC[C@H]1[C@H]1[CH-][C@@]2(C)CC[C@@H](O)C[C@H]2C[C@H]1O. The van der Waals surface area contributed by atoms with Crippen molar-refractivity contribution in [1.82, 2.24) is 0 Å². The zero-order chi connectivity index (χ0) is 20.7. The third kappa shape index (κ3) is 3.91. The summed E-state index contributed by atoms with van der Waals surface area (Å²) in [6, 6.07) is 0. The minimum atomic E-state index is -0.666. The number of aliphatic hydroxyl groups is 4. The molecule has 0 spiro atoms. The molecule has 3 aliphatic carbocycles. The lowest BCUT2D eigenvalue weighted by atomic mass is 9.52. The summed E-state index contributed by atoms with van der Waals surface area (Å²) in [5, 5.41) is 41.2. The Morgan fingerprint density at radius 3 is 2.50 bits per heavy atom. The van der Waals surface area contributed by atoms with Crippen LogP contribution in [0.4, 0.5) is 0 Å². The van der Waals surface area contributed by atoms with Crippen LogP contribution in [0.5, 0.6) is 0 Å². The Balaban J connectivity index is 1.81. The molecule has 4 N–H and O–H groups in total. The molecule has 10 atom stereocenters. The lowest BCUT2D eigenvalue weighted by Gasteiger charge is -2.62. The topological polar surface area (TPSA) is 80.9 Å². The lowest BCUT2D eigenvalue weighted by molar-refractivity contribution is -0.0902. The molecule has 0 aromatic heterocycles. The van der Waals surface area contributed by atoms with Gasteiger partial charge in [-0.1, -0.05) is 51.6 Å². The maximum atomic E-state index is 11.1. The van der Waals surface area contributed by atoms with Crippen molar-refractivity contribution < 1.29 is 20.4 Å². The lowest BCUT2D eigenvalue weighted by Crippen LogP contribution is -2.52. The molecule has 0 unspecified atom stereocenters. The summed E-state index contributed by atoms with van der Waals surface area (Å²) in [6.45, 7) is 11.0. The molecule has 3 aliphatic rings. The summed E-state index contributed by atoms with van der Waals surface area (Å²) in [7, 11) is 0. The van der Waals surface area contributed by atoms with Crippen molar-refractivity contribution in [1.29, 1.82) is 0 Å². The second-order valence-electron chi connectivity index (χ2n) is 10.7. The zero-order valence-corrected chi connectivity index (χ0v) is 18.1. The van der Waals surface area contributed by atoms with Crippen LogP contribution in [0.25, 0.3) is 0 Å². The third-order valence-corrected chi connectivity index (χ3v) is 9.12. The average molecular weight is 395 g/mol. The molecule has 0 saturated heterocycles. The van der Waals surface area contributed by atoms with E-state index in [4.69, 9.17) is 0 Å². The van der Waals surface area contributed by atoms with E-state index in [0.717, 1.165) is 51.4 Å². The van der Waals surface area contributed by atoms with Gasteiger partial charge in [-0.25, -0.2) is 0 Å². The smallest absolute Gasteiger partial charge is 0.0541 e. The molecular formula is C24H42O4-2. The van der Waals surface area contributed by atoms with Gasteiger partial charge in [-0.2, -0.15) is 5.41 Å². The van der Waals surface area contributed by atoms with Crippen molar-refractivity contribution in [2.75, 3.05) is 6.61 Å². The number of rotatable bonds is 6. The molecule has 0 amide bonds. The van der Waals surface area contributed by atoms with Gasteiger partial charge in [0.15, 0.2) is 0 Å². The van der Waals surface area contributed by atoms with Crippen LogP contribution in [0.3, 0.4) is 0 Å². The van der Waals surface area contributed by atoms with Gasteiger partial charge in [-0.05, 0) is 55.8 Å². The van der Waals surface area contributed by atoms with E-state index in [0.29, 0.717) is 17.8 Å². The molecule has 0 aromatic carbocycles. The van der Waals surface area contributed by atoms with Gasteiger partial charge < -0.3 is 33.8 Å². The van der Waals surface area contributed by atoms with Gasteiger partial charge in [0, 0.05) is 12.7 Å². The van der Waals surface area contributed by atoms with E-state index in [1.807, 2.05) is 0 Å². The number of hydrogen-bond acceptors (Lipinski definition) is 4. The number of hydrogen-bond donors (Lipinski definition) is 4. The van der Waals surface area contributed by atoms with Crippen molar-refractivity contribution in [2.45, 2.75) is 90.4 Å². The summed E-state index contributed by atoms with van der Waals surface area (Å²) in [4.78, 5) is 0. The summed E-state index contributed by atoms with van der Waals surface area (Å²) in [6.07, 6.45) is 8.29. The Morgan fingerprint density at radius 2 is 1.86 bits per heavy atom. The number of fused-ring (bicyclic) bond motifs is 1. The molecule has 0 bridgehead atoms. The van der Waals surface area contributed by atoms with E-state index < -0.39 is 12.2 Å². The normalized spacial score (nSPS) is 48.9. The largest absolute Gasteiger partial charge is 0.425 e. The quantitative estimate of drug-likeness (QED) is 0.521. The van der Waals surface area contributed by atoms with E-state index in [-0.39, 0.29) is 35.4 Å². The molecule has 3 saturated carbocycles. The molecule has 0 radical (unpaired) electrons. The molecule has 4 nitrogen and oxygen atoms in total. The van der Waals surface area contributed by atoms with Crippen molar-refractivity contribution in [2.24, 2.45) is 40.4 Å². The molecule has 0 aliphatic heterocycles. The van der Waals surface area contributed by atoms with Gasteiger partial charge in [0.2, 0.25) is 0 Å². The number of aliphatic hydroxyl groups excluding tert-OH is 4. The fourth-order valence-electron chi connectivity index (χ4n) is 7.24. The molecule has 0 heterocycles. The maximum absolute atomic E-state index is 11.1. The zero-order valence-electron chi connectivity index (χ0n) is 18.1. The average Bonchev–Trinajstić information content (AvgIpc) is 2.99. The van der Waals surface area contributed by atoms with E-state index in [9.17, 15) is 20.4 Å². The molecule has 164 valence electrons.